The minimum atomic E-state index is -0.697. The lowest BCUT2D eigenvalue weighted by atomic mass is 9.79. The smallest absolute Gasteiger partial charge is 0.212 e. The molecule has 4 nitrogen and oxygen atoms in total. The number of thiophene rings is 1. The van der Waals surface area contributed by atoms with E-state index in [1.54, 1.807) is 13.8 Å². The van der Waals surface area contributed by atoms with Crippen molar-refractivity contribution in [1.29, 1.82) is 0 Å². The summed E-state index contributed by atoms with van der Waals surface area (Å²) in [6.45, 7) is 3.26. The van der Waals surface area contributed by atoms with Gasteiger partial charge in [-0.05, 0) is 11.4 Å². The molecule has 0 saturated carbocycles. The number of aldehydes is 1. The Hall–Kier alpha value is -1.23. The van der Waals surface area contributed by atoms with Gasteiger partial charge in [-0.2, -0.15) is 0 Å². The summed E-state index contributed by atoms with van der Waals surface area (Å²) < 4.78 is 0. The summed E-state index contributed by atoms with van der Waals surface area (Å²) in [5.41, 5.74) is -0.697. The molecule has 0 radical (unpaired) electrons. The van der Waals surface area contributed by atoms with Crippen LogP contribution in [0, 0.1) is 15.5 Å². The first-order valence-corrected chi connectivity index (χ1v) is 5.47. The molecule has 15 heavy (non-hydrogen) atoms. The van der Waals surface area contributed by atoms with E-state index in [4.69, 9.17) is 0 Å². The van der Waals surface area contributed by atoms with Crippen LogP contribution in [0.15, 0.2) is 17.5 Å². The first-order chi connectivity index (χ1) is 6.97. The molecular weight excluding hydrogens is 214 g/mol. The molecule has 0 amide bonds. The van der Waals surface area contributed by atoms with Crippen LogP contribution in [-0.2, 0) is 4.79 Å². The molecule has 0 aliphatic carbocycles. The zero-order valence-electron chi connectivity index (χ0n) is 8.67. The van der Waals surface area contributed by atoms with E-state index in [9.17, 15) is 14.9 Å². The van der Waals surface area contributed by atoms with E-state index in [-0.39, 0.29) is 17.4 Å². The van der Waals surface area contributed by atoms with E-state index in [1.807, 2.05) is 17.5 Å². The molecule has 0 unspecified atom stereocenters. The van der Waals surface area contributed by atoms with Crippen molar-refractivity contribution in [2.45, 2.75) is 19.8 Å². The molecule has 0 spiro atoms. The van der Waals surface area contributed by atoms with Crippen LogP contribution in [0.5, 0.6) is 0 Å². The Balaban J connectivity index is 2.98. The van der Waals surface area contributed by atoms with Crippen molar-refractivity contribution in [2.24, 2.45) is 5.41 Å². The summed E-state index contributed by atoms with van der Waals surface area (Å²) in [7, 11) is 0. The van der Waals surface area contributed by atoms with Crippen molar-refractivity contribution in [3.63, 3.8) is 0 Å². The highest BCUT2D eigenvalue weighted by atomic mass is 32.1. The molecule has 0 saturated heterocycles. The average Bonchev–Trinajstić information content (AvgIpc) is 2.66. The number of nitro groups is 1. The topological polar surface area (TPSA) is 60.2 Å². The minimum absolute atomic E-state index is 0.202. The highest BCUT2D eigenvalue weighted by molar-refractivity contribution is 7.10. The fourth-order valence-corrected chi connectivity index (χ4v) is 2.43. The summed E-state index contributed by atoms with van der Waals surface area (Å²) in [6.07, 6.45) is 0.793. The third-order valence-corrected chi connectivity index (χ3v) is 3.41. The van der Waals surface area contributed by atoms with Gasteiger partial charge in [0.25, 0.3) is 0 Å². The first-order valence-electron chi connectivity index (χ1n) is 4.59. The highest BCUT2D eigenvalue weighted by Crippen LogP contribution is 2.36. The van der Waals surface area contributed by atoms with Gasteiger partial charge in [0.2, 0.25) is 6.54 Å². The zero-order valence-corrected chi connectivity index (χ0v) is 9.49. The second kappa shape index (κ2) is 4.53. The summed E-state index contributed by atoms with van der Waals surface area (Å²) in [6, 6.07) is 3.68. The predicted molar refractivity (Wildman–Crippen MR) is 58.8 cm³/mol. The fourth-order valence-electron chi connectivity index (χ4n) is 1.41. The predicted octanol–water partition coefficient (Wildman–Crippen LogP) is 2.33. The molecule has 1 atom stereocenters. The molecule has 1 aromatic heterocycles. The fraction of sp³-hybridized carbons (Fsp3) is 0.500. The number of nitrogens with zero attached hydrogens (tertiary/aromatic N) is 1. The summed E-state index contributed by atoms with van der Waals surface area (Å²) in [4.78, 5) is 22.0. The second-order valence-corrected chi connectivity index (χ2v) is 5.00. The average molecular weight is 227 g/mol. The maximum Gasteiger partial charge on any atom is 0.212 e. The summed E-state index contributed by atoms with van der Waals surface area (Å²) >= 11 is 1.45. The molecule has 82 valence electrons. The molecule has 5 heteroatoms. The van der Waals surface area contributed by atoms with Gasteiger partial charge in [-0.1, -0.05) is 19.9 Å². The van der Waals surface area contributed by atoms with Crippen molar-refractivity contribution in [3.05, 3.63) is 32.5 Å². The molecule has 0 aliphatic rings. The Morgan fingerprint density at radius 3 is 2.73 bits per heavy atom. The molecule has 0 aromatic carbocycles. The van der Waals surface area contributed by atoms with Crippen molar-refractivity contribution in [2.75, 3.05) is 6.54 Å². The molecule has 0 bridgehead atoms. The Morgan fingerprint density at radius 2 is 2.33 bits per heavy atom. The van der Waals surface area contributed by atoms with Crippen LogP contribution >= 0.6 is 11.3 Å². The summed E-state index contributed by atoms with van der Waals surface area (Å²) in [5.74, 6) is -0.343. The van der Waals surface area contributed by atoms with Gasteiger partial charge in [0, 0.05) is 15.2 Å². The molecule has 1 aromatic rings. The van der Waals surface area contributed by atoms with Crippen LogP contribution in [-0.4, -0.2) is 17.8 Å². The highest BCUT2D eigenvalue weighted by Gasteiger charge is 2.35. The number of hydrogen-bond acceptors (Lipinski definition) is 4. The van der Waals surface area contributed by atoms with Crippen LogP contribution in [0.4, 0.5) is 0 Å². The van der Waals surface area contributed by atoms with E-state index < -0.39 is 5.41 Å². The van der Waals surface area contributed by atoms with E-state index in [0.29, 0.717) is 0 Å². The van der Waals surface area contributed by atoms with Gasteiger partial charge < -0.3 is 4.79 Å². The second-order valence-electron chi connectivity index (χ2n) is 4.02. The largest absolute Gasteiger partial charge is 0.303 e. The Morgan fingerprint density at radius 1 is 1.67 bits per heavy atom. The molecule has 0 fully saturated rings. The van der Waals surface area contributed by atoms with E-state index in [1.165, 1.54) is 11.3 Å². The van der Waals surface area contributed by atoms with Crippen molar-refractivity contribution >= 4 is 17.6 Å². The first kappa shape index (κ1) is 11.8. The van der Waals surface area contributed by atoms with E-state index in [0.717, 1.165) is 11.2 Å². The maximum atomic E-state index is 10.9. The molecule has 1 rings (SSSR count). The van der Waals surface area contributed by atoms with Crippen LogP contribution in [0.3, 0.4) is 0 Å². The van der Waals surface area contributed by atoms with Crippen molar-refractivity contribution < 1.29 is 9.72 Å². The van der Waals surface area contributed by atoms with Gasteiger partial charge in [-0.3, -0.25) is 10.1 Å². The van der Waals surface area contributed by atoms with Gasteiger partial charge in [0.05, 0.1) is 5.92 Å². The van der Waals surface area contributed by atoms with Crippen LogP contribution < -0.4 is 0 Å². The van der Waals surface area contributed by atoms with E-state index in [2.05, 4.69) is 0 Å². The maximum absolute atomic E-state index is 10.9. The van der Waals surface area contributed by atoms with Gasteiger partial charge >= 0.3 is 0 Å². The molecule has 0 aliphatic heterocycles. The van der Waals surface area contributed by atoms with Gasteiger partial charge in [0.15, 0.2) is 0 Å². The summed E-state index contributed by atoms with van der Waals surface area (Å²) in [5, 5.41) is 12.4. The number of hydrogen-bond donors (Lipinski definition) is 0. The molecule has 0 N–H and O–H groups in total. The monoisotopic (exact) mass is 227 g/mol. The van der Waals surface area contributed by atoms with Gasteiger partial charge in [0.1, 0.15) is 6.29 Å². The van der Waals surface area contributed by atoms with Crippen LogP contribution in [0.1, 0.15) is 24.6 Å². The number of carbonyl (C=O) groups is 1. The quantitative estimate of drug-likeness (QED) is 0.440. The minimum Gasteiger partial charge on any atom is -0.303 e. The SMILES string of the molecule is CC(C)(C=O)[C@@H](C[N+](=O)[O-])c1cccs1. The van der Waals surface area contributed by atoms with Gasteiger partial charge in [-0.15, -0.1) is 11.3 Å². The standard InChI is InChI=1S/C10H13NO3S/c1-10(2,7-12)8(6-11(13)14)9-4-3-5-15-9/h3-5,7-8H,6H2,1-2H3/t8-/m0/s1. The Labute approximate surface area is 92.1 Å². The Kier molecular flexibility index (Phi) is 3.57. The lowest BCUT2D eigenvalue weighted by Gasteiger charge is -2.24. The normalized spacial score (nSPS) is 13.5. The lowest BCUT2D eigenvalue weighted by Crippen LogP contribution is -2.28. The van der Waals surface area contributed by atoms with E-state index >= 15 is 0 Å². The van der Waals surface area contributed by atoms with Gasteiger partial charge in [-0.25, -0.2) is 0 Å². The van der Waals surface area contributed by atoms with Crippen molar-refractivity contribution in [1.82, 2.24) is 0 Å². The molecular formula is C10H13NO3S. The number of carbonyl (C=O) groups excluding carboxylic acids is 1. The zero-order chi connectivity index (χ0) is 11.5. The third kappa shape index (κ3) is 2.86. The van der Waals surface area contributed by atoms with Crippen LogP contribution in [0.25, 0.3) is 0 Å². The Bertz CT molecular complexity index is 346. The third-order valence-electron chi connectivity index (χ3n) is 2.42. The number of rotatable bonds is 5. The van der Waals surface area contributed by atoms with Crippen LogP contribution in [0.2, 0.25) is 0 Å². The lowest BCUT2D eigenvalue weighted by molar-refractivity contribution is -0.485. The van der Waals surface area contributed by atoms with Crippen molar-refractivity contribution in [3.8, 4) is 0 Å². The molecule has 1 heterocycles.